The minimum atomic E-state index is -0.402. The van der Waals surface area contributed by atoms with E-state index >= 15 is 0 Å². The summed E-state index contributed by atoms with van der Waals surface area (Å²) in [6.07, 6.45) is 0. The van der Waals surface area contributed by atoms with E-state index in [9.17, 15) is 9.18 Å². The number of benzene rings is 2. The lowest BCUT2D eigenvalue weighted by Gasteiger charge is -2.07. The van der Waals surface area contributed by atoms with Crippen LogP contribution in [0.2, 0.25) is 5.02 Å². The van der Waals surface area contributed by atoms with Crippen LogP contribution in [0.25, 0.3) is 0 Å². The van der Waals surface area contributed by atoms with Gasteiger partial charge in [0.1, 0.15) is 5.82 Å². The van der Waals surface area contributed by atoms with Gasteiger partial charge in [0, 0.05) is 22.0 Å². The van der Waals surface area contributed by atoms with Crippen LogP contribution in [0.1, 0.15) is 15.9 Å². The molecule has 0 aliphatic rings. The Bertz CT molecular complexity index is 603. The van der Waals surface area contributed by atoms with E-state index < -0.39 is 5.82 Å². The molecule has 2 aromatic rings. The molecular weight excluding hydrogens is 267 g/mol. The number of aryl methyl sites for hydroxylation is 1. The predicted molar refractivity (Wildman–Crippen MR) is 75.0 cm³/mol. The zero-order valence-electron chi connectivity index (χ0n) is 10.2. The summed E-state index contributed by atoms with van der Waals surface area (Å²) in [6.45, 7) is 1.75. The first-order valence-corrected chi connectivity index (χ1v) is 5.96. The summed E-state index contributed by atoms with van der Waals surface area (Å²) in [4.78, 5) is 12.0. The number of anilines is 2. The van der Waals surface area contributed by atoms with Crippen LogP contribution in [0.3, 0.4) is 0 Å². The van der Waals surface area contributed by atoms with Crippen molar-refractivity contribution in [1.29, 1.82) is 0 Å². The molecule has 0 unspecified atom stereocenters. The zero-order valence-corrected chi connectivity index (χ0v) is 11.0. The van der Waals surface area contributed by atoms with Gasteiger partial charge in [-0.05, 0) is 48.9 Å². The molecule has 0 aliphatic heterocycles. The molecule has 0 saturated heterocycles. The highest BCUT2D eigenvalue weighted by Crippen LogP contribution is 2.19. The third-order valence-corrected chi connectivity index (χ3v) is 2.70. The molecule has 0 bridgehead atoms. The molecule has 2 aromatic carbocycles. The summed E-state index contributed by atoms with van der Waals surface area (Å²) >= 11 is 5.83. The normalized spacial score (nSPS) is 10.3. The predicted octanol–water partition coefficient (Wildman–Crippen LogP) is 3.62. The SMILES string of the molecule is Cc1cc(F)cc(NC(=O)c2cc(N)cc(Cl)c2)c1. The number of carbonyl (C=O) groups is 1. The van der Waals surface area contributed by atoms with E-state index in [0.29, 0.717) is 22.0 Å². The molecule has 19 heavy (non-hydrogen) atoms. The Morgan fingerprint density at radius 3 is 2.58 bits per heavy atom. The van der Waals surface area contributed by atoms with E-state index in [1.165, 1.54) is 24.3 Å². The second kappa shape index (κ2) is 5.28. The first-order chi connectivity index (χ1) is 8.94. The van der Waals surface area contributed by atoms with Crippen LogP contribution >= 0.6 is 11.6 Å². The van der Waals surface area contributed by atoms with Gasteiger partial charge < -0.3 is 11.1 Å². The lowest BCUT2D eigenvalue weighted by Crippen LogP contribution is -2.12. The maximum Gasteiger partial charge on any atom is 0.255 e. The number of nitrogens with two attached hydrogens (primary N) is 1. The second-order valence-corrected chi connectivity index (χ2v) is 4.68. The molecule has 0 fully saturated rings. The van der Waals surface area contributed by atoms with E-state index in [1.54, 1.807) is 19.1 Å². The Morgan fingerprint density at radius 1 is 1.21 bits per heavy atom. The summed E-state index contributed by atoms with van der Waals surface area (Å²) < 4.78 is 13.2. The van der Waals surface area contributed by atoms with Gasteiger partial charge in [0.15, 0.2) is 0 Å². The Labute approximate surface area is 115 Å². The van der Waals surface area contributed by atoms with Gasteiger partial charge in [-0.3, -0.25) is 4.79 Å². The van der Waals surface area contributed by atoms with Gasteiger partial charge in [0.2, 0.25) is 0 Å². The smallest absolute Gasteiger partial charge is 0.255 e. The van der Waals surface area contributed by atoms with Gasteiger partial charge in [-0.2, -0.15) is 0 Å². The van der Waals surface area contributed by atoms with Crippen molar-refractivity contribution >= 4 is 28.9 Å². The van der Waals surface area contributed by atoms with Crippen molar-refractivity contribution < 1.29 is 9.18 Å². The van der Waals surface area contributed by atoms with Gasteiger partial charge >= 0.3 is 0 Å². The number of carbonyl (C=O) groups excluding carboxylic acids is 1. The van der Waals surface area contributed by atoms with E-state index in [1.807, 2.05) is 0 Å². The molecule has 0 heterocycles. The maximum atomic E-state index is 13.2. The van der Waals surface area contributed by atoms with E-state index in [0.717, 1.165) is 5.56 Å². The van der Waals surface area contributed by atoms with Crippen LogP contribution in [0, 0.1) is 12.7 Å². The zero-order chi connectivity index (χ0) is 14.0. The quantitative estimate of drug-likeness (QED) is 0.824. The number of nitrogens with one attached hydrogen (secondary N) is 1. The van der Waals surface area contributed by atoms with Crippen molar-refractivity contribution in [3.05, 3.63) is 58.4 Å². The highest BCUT2D eigenvalue weighted by Gasteiger charge is 2.09. The molecule has 0 atom stereocenters. The first-order valence-electron chi connectivity index (χ1n) is 5.58. The fraction of sp³-hybridized carbons (Fsp3) is 0.0714. The highest BCUT2D eigenvalue weighted by molar-refractivity contribution is 6.31. The number of amides is 1. The summed E-state index contributed by atoms with van der Waals surface area (Å²) in [5.74, 6) is -0.792. The standard InChI is InChI=1S/C14H12ClFN2O/c1-8-2-11(16)7-13(3-8)18-14(19)9-4-10(15)6-12(17)5-9/h2-7H,17H2,1H3,(H,18,19). The average molecular weight is 279 g/mol. The van der Waals surface area contributed by atoms with Gasteiger partial charge in [-0.25, -0.2) is 4.39 Å². The molecule has 0 spiro atoms. The third-order valence-electron chi connectivity index (χ3n) is 2.48. The van der Waals surface area contributed by atoms with Crippen LogP contribution in [-0.4, -0.2) is 5.91 Å². The maximum absolute atomic E-state index is 13.2. The van der Waals surface area contributed by atoms with Crippen molar-refractivity contribution in [2.45, 2.75) is 6.92 Å². The first kappa shape index (κ1) is 13.4. The molecule has 0 saturated carbocycles. The van der Waals surface area contributed by atoms with Gasteiger partial charge in [-0.15, -0.1) is 0 Å². The monoisotopic (exact) mass is 278 g/mol. The third kappa shape index (κ3) is 3.45. The van der Waals surface area contributed by atoms with Gasteiger partial charge in [0.05, 0.1) is 0 Å². The lowest BCUT2D eigenvalue weighted by molar-refractivity contribution is 0.102. The summed E-state index contributed by atoms with van der Waals surface area (Å²) in [6, 6.07) is 8.86. The number of nitrogen functional groups attached to an aromatic ring is 1. The molecule has 3 nitrogen and oxygen atoms in total. The average Bonchev–Trinajstić information content (AvgIpc) is 2.25. The minimum Gasteiger partial charge on any atom is -0.399 e. The number of hydrogen-bond acceptors (Lipinski definition) is 2. The molecule has 0 aliphatic carbocycles. The largest absolute Gasteiger partial charge is 0.399 e. The molecule has 0 aromatic heterocycles. The molecule has 2 rings (SSSR count). The molecule has 98 valence electrons. The second-order valence-electron chi connectivity index (χ2n) is 4.24. The van der Waals surface area contributed by atoms with Crippen LogP contribution in [0.15, 0.2) is 36.4 Å². The highest BCUT2D eigenvalue weighted by atomic mass is 35.5. The molecule has 5 heteroatoms. The molecule has 3 N–H and O–H groups in total. The van der Waals surface area contributed by atoms with Crippen LogP contribution in [0.4, 0.5) is 15.8 Å². The lowest BCUT2D eigenvalue weighted by atomic mass is 10.1. The molecular formula is C14H12ClFN2O. The van der Waals surface area contributed by atoms with Crippen LogP contribution in [-0.2, 0) is 0 Å². The van der Waals surface area contributed by atoms with E-state index in [-0.39, 0.29) is 5.91 Å². The van der Waals surface area contributed by atoms with Crippen molar-refractivity contribution in [2.24, 2.45) is 0 Å². The summed E-state index contributed by atoms with van der Waals surface area (Å²) in [7, 11) is 0. The van der Waals surface area contributed by atoms with Crippen molar-refractivity contribution in [3.8, 4) is 0 Å². The molecule has 1 amide bonds. The van der Waals surface area contributed by atoms with Crippen molar-refractivity contribution in [1.82, 2.24) is 0 Å². The van der Waals surface area contributed by atoms with Crippen molar-refractivity contribution in [3.63, 3.8) is 0 Å². The molecule has 0 radical (unpaired) electrons. The van der Waals surface area contributed by atoms with Crippen LogP contribution in [0.5, 0.6) is 0 Å². The van der Waals surface area contributed by atoms with Gasteiger partial charge in [0.25, 0.3) is 5.91 Å². The fourth-order valence-electron chi connectivity index (χ4n) is 1.76. The number of halogens is 2. The Kier molecular flexibility index (Phi) is 3.71. The minimum absolute atomic E-state index is 0.326. The Hall–Kier alpha value is -2.07. The number of rotatable bonds is 2. The van der Waals surface area contributed by atoms with Crippen LogP contribution < -0.4 is 11.1 Å². The summed E-state index contributed by atoms with van der Waals surface area (Å²) in [5.41, 5.74) is 7.45. The number of hydrogen-bond donors (Lipinski definition) is 2. The van der Waals surface area contributed by atoms with Crippen molar-refractivity contribution in [2.75, 3.05) is 11.1 Å². The topological polar surface area (TPSA) is 55.1 Å². The summed E-state index contributed by atoms with van der Waals surface area (Å²) in [5, 5.41) is 2.98. The van der Waals surface area contributed by atoms with E-state index in [2.05, 4.69) is 5.32 Å². The fourth-order valence-corrected chi connectivity index (χ4v) is 2.00. The van der Waals surface area contributed by atoms with E-state index in [4.69, 9.17) is 17.3 Å². The Balaban J connectivity index is 2.25. The van der Waals surface area contributed by atoms with Gasteiger partial charge in [-0.1, -0.05) is 11.6 Å². The Morgan fingerprint density at radius 2 is 1.95 bits per heavy atom.